The van der Waals surface area contributed by atoms with E-state index in [-0.39, 0.29) is 11.6 Å². The highest BCUT2D eigenvalue weighted by Gasteiger charge is 2.21. The average Bonchev–Trinajstić information content (AvgIpc) is 2.45. The van der Waals surface area contributed by atoms with Crippen molar-refractivity contribution in [2.45, 2.75) is 46.1 Å². The Bertz CT molecular complexity index is 463. The van der Waals surface area contributed by atoms with Gasteiger partial charge >= 0.3 is 5.97 Å². The molecule has 0 saturated heterocycles. The van der Waals surface area contributed by atoms with Crippen LogP contribution >= 0.6 is 0 Å². The van der Waals surface area contributed by atoms with Crippen LogP contribution in [-0.4, -0.2) is 41.0 Å². The summed E-state index contributed by atoms with van der Waals surface area (Å²) in [5.41, 5.74) is 1.73. The van der Waals surface area contributed by atoms with Crippen molar-refractivity contribution < 1.29 is 14.6 Å². The van der Waals surface area contributed by atoms with Crippen LogP contribution < -0.4 is 5.32 Å². The van der Waals surface area contributed by atoms with E-state index in [0.29, 0.717) is 25.3 Å². The predicted octanol–water partition coefficient (Wildman–Crippen LogP) is 2.14. The van der Waals surface area contributed by atoms with Gasteiger partial charge in [0, 0.05) is 7.11 Å². The normalized spacial score (nSPS) is 12.2. The van der Waals surface area contributed by atoms with Crippen molar-refractivity contribution in [1.29, 1.82) is 0 Å². The van der Waals surface area contributed by atoms with Gasteiger partial charge in [0.2, 0.25) is 0 Å². The number of aromatic nitrogens is 2. The van der Waals surface area contributed by atoms with Crippen LogP contribution in [0, 0.1) is 0 Å². The molecule has 0 saturated carbocycles. The van der Waals surface area contributed by atoms with Crippen LogP contribution in [0.5, 0.6) is 0 Å². The van der Waals surface area contributed by atoms with Crippen molar-refractivity contribution in [3.63, 3.8) is 0 Å². The maximum absolute atomic E-state index is 11.6. The Morgan fingerprint density at radius 3 is 2.45 bits per heavy atom. The van der Waals surface area contributed by atoms with E-state index in [1.807, 2.05) is 20.8 Å². The number of carboxylic acid groups (broad SMARTS) is 1. The fourth-order valence-corrected chi connectivity index (χ4v) is 2.16. The zero-order valence-corrected chi connectivity index (χ0v) is 12.6. The van der Waals surface area contributed by atoms with Gasteiger partial charge in [-0.25, -0.2) is 4.79 Å². The average molecular weight is 281 g/mol. The lowest BCUT2D eigenvalue weighted by molar-refractivity contribution is 0.0695. The van der Waals surface area contributed by atoms with Crippen LogP contribution in [-0.2, 0) is 17.6 Å². The molecule has 1 aromatic heterocycles. The summed E-state index contributed by atoms with van der Waals surface area (Å²) in [6.07, 6.45) is 2.10. The summed E-state index contributed by atoms with van der Waals surface area (Å²) in [6.45, 7) is 6.38. The Balaban J connectivity index is 3.22. The zero-order valence-electron chi connectivity index (χ0n) is 12.6. The fraction of sp³-hybridized carbons (Fsp3) is 0.643. The number of hydrogen-bond acceptors (Lipinski definition) is 5. The molecule has 6 nitrogen and oxygen atoms in total. The molecule has 0 spiro atoms. The lowest BCUT2D eigenvalue weighted by atomic mass is 10.0. The van der Waals surface area contributed by atoms with Gasteiger partial charge < -0.3 is 15.2 Å². The molecular weight excluding hydrogens is 258 g/mol. The molecule has 0 aliphatic rings. The third kappa shape index (κ3) is 3.66. The van der Waals surface area contributed by atoms with Gasteiger partial charge in [0.05, 0.1) is 18.3 Å². The van der Waals surface area contributed by atoms with Crippen LogP contribution in [0.15, 0.2) is 0 Å². The second-order valence-corrected chi connectivity index (χ2v) is 4.57. The van der Waals surface area contributed by atoms with E-state index < -0.39 is 5.97 Å². The van der Waals surface area contributed by atoms with Crippen molar-refractivity contribution >= 4 is 11.8 Å². The van der Waals surface area contributed by atoms with Crippen LogP contribution in [0.2, 0.25) is 0 Å². The van der Waals surface area contributed by atoms with Crippen LogP contribution in [0.3, 0.4) is 0 Å². The Hall–Kier alpha value is -1.69. The van der Waals surface area contributed by atoms with Gasteiger partial charge in [-0.05, 0) is 24.8 Å². The lowest BCUT2D eigenvalue weighted by Gasteiger charge is -2.19. The second-order valence-electron chi connectivity index (χ2n) is 4.57. The minimum Gasteiger partial charge on any atom is -0.478 e. The highest BCUT2D eigenvalue weighted by atomic mass is 16.5. The number of nitrogens with zero attached hydrogens (tertiary/aromatic N) is 2. The number of rotatable bonds is 8. The molecule has 2 N–H and O–H groups in total. The molecule has 1 rings (SSSR count). The van der Waals surface area contributed by atoms with Crippen molar-refractivity contribution in [1.82, 2.24) is 10.2 Å². The first-order valence-electron chi connectivity index (χ1n) is 6.96. The summed E-state index contributed by atoms with van der Waals surface area (Å²) in [6, 6.07) is 0.0181. The standard InChI is InChI=1S/C14H23N3O3/c1-5-9(8-20-4)15-13-12(14(18)19)10(6-2)11(7-3)16-17-13/h9H,5-8H2,1-4H3,(H,15,17)(H,18,19). The first-order valence-corrected chi connectivity index (χ1v) is 6.96. The SMILES string of the molecule is CCc1nnc(NC(CC)COC)c(C(=O)O)c1CC. The molecule has 0 radical (unpaired) electrons. The van der Waals surface area contributed by atoms with Crippen molar-refractivity contribution in [2.24, 2.45) is 0 Å². The molecule has 112 valence electrons. The molecule has 0 amide bonds. The monoisotopic (exact) mass is 281 g/mol. The molecule has 20 heavy (non-hydrogen) atoms. The largest absolute Gasteiger partial charge is 0.478 e. The predicted molar refractivity (Wildman–Crippen MR) is 77.3 cm³/mol. The Kier molecular flexibility index (Phi) is 6.38. The van der Waals surface area contributed by atoms with Crippen LogP contribution in [0.25, 0.3) is 0 Å². The third-order valence-corrected chi connectivity index (χ3v) is 3.26. The van der Waals surface area contributed by atoms with E-state index in [2.05, 4.69) is 15.5 Å². The molecule has 0 aliphatic carbocycles. The molecular formula is C14H23N3O3. The van der Waals surface area contributed by atoms with E-state index in [0.717, 1.165) is 17.7 Å². The molecule has 1 unspecified atom stereocenters. The van der Waals surface area contributed by atoms with Gasteiger partial charge in [-0.15, -0.1) is 5.10 Å². The maximum Gasteiger partial charge on any atom is 0.339 e. The number of carboxylic acids is 1. The molecule has 6 heteroatoms. The number of hydrogen-bond donors (Lipinski definition) is 2. The quantitative estimate of drug-likeness (QED) is 0.759. The van der Waals surface area contributed by atoms with Crippen LogP contribution in [0.4, 0.5) is 5.82 Å². The number of ether oxygens (including phenoxy) is 1. The molecule has 0 aliphatic heterocycles. The summed E-state index contributed by atoms with van der Waals surface area (Å²) in [4.78, 5) is 11.6. The van der Waals surface area contributed by atoms with Crippen LogP contribution in [0.1, 0.15) is 48.8 Å². The number of aromatic carboxylic acids is 1. The maximum atomic E-state index is 11.6. The minimum atomic E-state index is -0.971. The topological polar surface area (TPSA) is 84.3 Å². The highest BCUT2D eigenvalue weighted by molar-refractivity contribution is 5.95. The Labute approximate surface area is 119 Å². The van der Waals surface area contributed by atoms with Gasteiger partial charge in [-0.2, -0.15) is 5.10 Å². The summed E-state index contributed by atoms with van der Waals surface area (Å²) in [5.74, 6) is -0.642. The van der Waals surface area contributed by atoms with E-state index in [4.69, 9.17) is 4.74 Å². The number of aryl methyl sites for hydroxylation is 1. The van der Waals surface area contributed by atoms with Gasteiger partial charge in [0.15, 0.2) is 5.82 Å². The second kappa shape index (κ2) is 7.79. The Morgan fingerprint density at radius 1 is 1.30 bits per heavy atom. The minimum absolute atomic E-state index is 0.0181. The van der Waals surface area contributed by atoms with E-state index in [1.165, 1.54) is 0 Å². The number of methoxy groups -OCH3 is 1. The summed E-state index contributed by atoms with van der Waals surface area (Å²) in [5, 5.41) is 20.8. The molecule has 0 bridgehead atoms. The number of nitrogens with one attached hydrogen (secondary N) is 1. The molecule has 1 heterocycles. The van der Waals surface area contributed by atoms with Crippen molar-refractivity contribution in [2.75, 3.05) is 19.0 Å². The first-order chi connectivity index (χ1) is 9.58. The third-order valence-electron chi connectivity index (χ3n) is 3.26. The summed E-state index contributed by atoms with van der Waals surface area (Å²) < 4.78 is 5.11. The summed E-state index contributed by atoms with van der Waals surface area (Å²) >= 11 is 0. The molecule has 0 fully saturated rings. The van der Waals surface area contributed by atoms with Gasteiger partial charge in [-0.1, -0.05) is 20.8 Å². The van der Waals surface area contributed by atoms with Gasteiger partial charge in [-0.3, -0.25) is 0 Å². The van der Waals surface area contributed by atoms with Gasteiger partial charge in [0.1, 0.15) is 5.56 Å². The molecule has 1 aromatic rings. The van der Waals surface area contributed by atoms with E-state index >= 15 is 0 Å². The molecule has 1 atom stereocenters. The fourth-order valence-electron chi connectivity index (χ4n) is 2.16. The van der Waals surface area contributed by atoms with Gasteiger partial charge in [0.25, 0.3) is 0 Å². The van der Waals surface area contributed by atoms with Crippen molar-refractivity contribution in [3.8, 4) is 0 Å². The number of anilines is 1. The number of carbonyl (C=O) groups is 1. The van der Waals surface area contributed by atoms with Crippen molar-refractivity contribution in [3.05, 3.63) is 16.8 Å². The highest BCUT2D eigenvalue weighted by Crippen LogP contribution is 2.22. The smallest absolute Gasteiger partial charge is 0.339 e. The Morgan fingerprint density at radius 2 is 2.00 bits per heavy atom. The first kappa shape index (κ1) is 16.4. The van der Waals surface area contributed by atoms with E-state index in [9.17, 15) is 9.90 Å². The van der Waals surface area contributed by atoms with E-state index in [1.54, 1.807) is 7.11 Å². The lowest BCUT2D eigenvalue weighted by Crippen LogP contribution is -2.27. The molecule has 0 aromatic carbocycles. The summed E-state index contributed by atoms with van der Waals surface area (Å²) in [7, 11) is 1.62. The zero-order chi connectivity index (χ0) is 15.1.